The number of nitrogens with one attached hydrogen (secondary N) is 7. The minimum Gasteiger partial charge on any atom is -0.481 e. The number of aliphatic carboxylic acids is 2. The first-order chi connectivity index (χ1) is 33.0. The molecule has 0 bridgehead atoms. The molecule has 2 aromatic rings. The zero-order chi connectivity index (χ0) is 52.2. The summed E-state index contributed by atoms with van der Waals surface area (Å²) in [6, 6.07) is -2.22. The van der Waals surface area contributed by atoms with E-state index >= 15 is 0 Å². The van der Waals surface area contributed by atoms with Crippen molar-refractivity contribution in [1.82, 2.24) is 46.8 Å². The third kappa shape index (κ3) is 17.7. The molecule has 0 radical (unpaired) electrons. The van der Waals surface area contributed by atoms with Gasteiger partial charge in [0.25, 0.3) is 0 Å². The van der Waals surface area contributed by atoms with Crippen molar-refractivity contribution in [1.29, 1.82) is 0 Å². The molecule has 7 amide bonds. The number of hydrogen-bond acceptors (Lipinski definition) is 13. The number of aromatic amines is 1. The minimum atomic E-state index is -1.70. The van der Waals surface area contributed by atoms with Gasteiger partial charge in [-0.25, -0.2) is 9.78 Å². The van der Waals surface area contributed by atoms with E-state index in [1.807, 2.05) is 0 Å². The second-order valence-corrected chi connectivity index (χ2v) is 17.7. The summed E-state index contributed by atoms with van der Waals surface area (Å²) < 4.78 is 0. The number of likely N-dealkylation sites (tertiary alicyclic amines) is 1. The van der Waals surface area contributed by atoms with E-state index < -0.39 is 126 Å². The number of aliphatic hydroxyl groups excluding tert-OH is 1. The highest BCUT2D eigenvalue weighted by Crippen LogP contribution is 2.21. The molecule has 1 aromatic heterocycles. The Morgan fingerprint density at radius 3 is 1.99 bits per heavy atom. The molecule has 70 heavy (non-hydrogen) atoms. The van der Waals surface area contributed by atoms with E-state index in [2.05, 4.69) is 46.9 Å². The maximum absolute atomic E-state index is 14.4. The lowest BCUT2D eigenvalue weighted by molar-refractivity contribution is -0.145. The van der Waals surface area contributed by atoms with E-state index in [1.165, 1.54) is 24.3 Å². The normalized spacial score (nSPS) is 17.2. The zero-order valence-corrected chi connectivity index (χ0v) is 40.1. The van der Waals surface area contributed by atoms with Gasteiger partial charge >= 0.3 is 11.9 Å². The van der Waals surface area contributed by atoms with Crippen LogP contribution in [0.15, 0.2) is 47.8 Å². The van der Waals surface area contributed by atoms with Crippen molar-refractivity contribution in [2.24, 2.45) is 34.0 Å². The number of aliphatic hydroxyl groups is 1. The van der Waals surface area contributed by atoms with Crippen LogP contribution in [-0.4, -0.2) is 157 Å². The van der Waals surface area contributed by atoms with Crippen LogP contribution in [0.3, 0.4) is 0 Å². The molecule has 16 N–H and O–H groups in total. The molecule has 1 fully saturated rings. The molecule has 25 nitrogen and oxygen atoms in total. The summed E-state index contributed by atoms with van der Waals surface area (Å²) in [5.41, 5.74) is 17.6. The Hall–Kier alpha value is -7.15. The van der Waals surface area contributed by atoms with Gasteiger partial charge in [0, 0.05) is 37.8 Å². The van der Waals surface area contributed by atoms with Crippen LogP contribution in [0.4, 0.5) is 0 Å². The van der Waals surface area contributed by atoms with Gasteiger partial charge in [0.2, 0.25) is 41.4 Å². The van der Waals surface area contributed by atoms with Gasteiger partial charge in [-0.2, -0.15) is 0 Å². The number of rotatable bonds is 28. The lowest BCUT2D eigenvalue weighted by Gasteiger charge is -2.32. The Morgan fingerprint density at radius 1 is 0.800 bits per heavy atom. The Morgan fingerprint density at radius 2 is 1.41 bits per heavy atom. The first kappa shape index (κ1) is 57.2. The van der Waals surface area contributed by atoms with Gasteiger partial charge < -0.3 is 74.3 Å². The maximum atomic E-state index is 14.4. The number of aliphatic imine (C=N–C) groups is 1. The monoisotopic (exact) mass is 984 g/mol. The Balaban J connectivity index is 1.82. The highest BCUT2D eigenvalue weighted by Gasteiger charge is 2.41. The SMILES string of the molecule is CC[C@H](C)[C@H](NC(=O)[C@@H](NC(=O)[C@@H](NC(=O)[C@H](CCCN=C(N)N)NC(=O)[C@@H](N)CC(=O)O)C(C)C)[C@@H](C)O)C(=O)N[C@@H](Cc1cnc[nH]1)C(=O)N1CCC[C@H]1C(=O)N[C@@H](Cc1ccccc1)C(=O)O. The number of amides is 7. The topological polar surface area (TPSA) is 409 Å². The summed E-state index contributed by atoms with van der Waals surface area (Å²) in [6.07, 6.45) is 1.47. The van der Waals surface area contributed by atoms with Crippen molar-refractivity contribution < 1.29 is 58.5 Å². The fourth-order valence-corrected chi connectivity index (χ4v) is 7.61. The van der Waals surface area contributed by atoms with Gasteiger partial charge in [0.15, 0.2) is 5.96 Å². The van der Waals surface area contributed by atoms with Gasteiger partial charge in [-0.1, -0.05) is 64.4 Å². The fourth-order valence-electron chi connectivity index (χ4n) is 7.61. The van der Waals surface area contributed by atoms with Crippen LogP contribution in [0.1, 0.15) is 84.4 Å². The van der Waals surface area contributed by atoms with E-state index in [1.54, 1.807) is 58.0 Å². The van der Waals surface area contributed by atoms with Crippen LogP contribution in [-0.2, 0) is 56.0 Å². The molecule has 3 rings (SSSR count). The molecule has 25 heteroatoms. The van der Waals surface area contributed by atoms with Gasteiger partial charge in [-0.15, -0.1) is 0 Å². The van der Waals surface area contributed by atoms with Crippen LogP contribution in [0, 0.1) is 11.8 Å². The van der Waals surface area contributed by atoms with Crippen molar-refractivity contribution in [3.63, 3.8) is 0 Å². The number of aromatic nitrogens is 2. The second kappa shape index (κ2) is 27.7. The Labute approximate surface area is 405 Å². The molecule has 1 aromatic carbocycles. The number of imidazole rings is 1. The van der Waals surface area contributed by atoms with Crippen molar-refractivity contribution >= 4 is 59.2 Å². The van der Waals surface area contributed by atoms with Crippen LogP contribution in [0.2, 0.25) is 0 Å². The Kier molecular flexibility index (Phi) is 22.7. The number of H-pyrrole nitrogens is 1. The molecular weight excluding hydrogens is 915 g/mol. The van der Waals surface area contributed by atoms with E-state index in [-0.39, 0.29) is 51.2 Å². The van der Waals surface area contributed by atoms with E-state index in [9.17, 15) is 53.4 Å². The Bertz CT molecular complexity index is 2140. The summed E-state index contributed by atoms with van der Waals surface area (Å²) >= 11 is 0. The minimum absolute atomic E-state index is 0.00199. The lowest BCUT2D eigenvalue weighted by atomic mass is 9.96. The predicted molar refractivity (Wildman–Crippen MR) is 253 cm³/mol. The van der Waals surface area contributed by atoms with Crippen LogP contribution < -0.4 is 49.1 Å². The lowest BCUT2D eigenvalue weighted by Crippen LogP contribution is -2.63. The van der Waals surface area contributed by atoms with Crippen molar-refractivity contribution in [3.05, 3.63) is 54.1 Å². The van der Waals surface area contributed by atoms with E-state index in [0.29, 0.717) is 24.1 Å². The quantitative estimate of drug-likeness (QED) is 0.0231. The van der Waals surface area contributed by atoms with E-state index in [4.69, 9.17) is 22.3 Å². The molecule has 1 aliphatic rings. The van der Waals surface area contributed by atoms with Crippen LogP contribution in [0.5, 0.6) is 0 Å². The number of carbonyl (C=O) groups excluding carboxylic acids is 7. The van der Waals surface area contributed by atoms with Gasteiger partial charge in [0.05, 0.1) is 24.9 Å². The summed E-state index contributed by atoms with van der Waals surface area (Å²) in [4.78, 5) is 132. The zero-order valence-electron chi connectivity index (χ0n) is 40.1. The first-order valence-corrected chi connectivity index (χ1v) is 23.1. The van der Waals surface area contributed by atoms with Crippen molar-refractivity contribution in [2.45, 2.75) is 140 Å². The smallest absolute Gasteiger partial charge is 0.326 e. The van der Waals surface area contributed by atoms with Gasteiger partial charge in [-0.3, -0.25) is 43.3 Å². The summed E-state index contributed by atoms with van der Waals surface area (Å²) in [7, 11) is 0. The number of benzene rings is 1. The number of carboxylic acid groups (broad SMARTS) is 2. The number of carbonyl (C=O) groups is 9. The molecule has 10 atom stereocenters. The predicted octanol–water partition coefficient (Wildman–Crippen LogP) is -2.88. The van der Waals surface area contributed by atoms with E-state index in [0.717, 1.165) is 0 Å². The highest BCUT2D eigenvalue weighted by atomic mass is 16.4. The average Bonchev–Trinajstić information content (AvgIpc) is 4.02. The standard InChI is InChI=1S/C45H69N13O12/c1-6-24(4)35(41(66)53-30(19-27-21-49-22-51-27)43(68)58-17-11-15-32(58)39(64)54-31(44(69)70)18-26-12-8-7-9-13-26)56-42(67)36(25(5)59)57-40(65)34(23(2)3)55-38(63)29(14-10-16-50-45(47)48)52-37(62)28(46)20-33(60)61/h7-9,12-13,21-25,28-32,34-36,59H,6,10-11,14-20,46H2,1-5H3,(H,49,51)(H,52,62)(H,53,66)(H,54,64)(H,55,63)(H,56,67)(H,57,65)(H,60,61)(H,69,70)(H4,47,48,50)/t24-,25+,28-,29-,30-,31-,32-,34-,35-,36-/m0/s1. The highest BCUT2D eigenvalue weighted by molar-refractivity contribution is 5.98. The summed E-state index contributed by atoms with van der Waals surface area (Å²) in [6.45, 7) is 7.97. The number of nitrogens with two attached hydrogens (primary N) is 3. The van der Waals surface area contributed by atoms with Crippen LogP contribution >= 0.6 is 0 Å². The fraction of sp³-hybridized carbons (Fsp3) is 0.578. The van der Waals surface area contributed by atoms with Crippen molar-refractivity contribution in [3.8, 4) is 0 Å². The number of hydrogen-bond donors (Lipinski definition) is 13. The molecule has 0 saturated carbocycles. The average molecular weight is 984 g/mol. The van der Waals surface area contributed by atoms with Crippen LogP contribution in [0.25, 0.3) is 0 Å². The number of carboxylic acids is 2. The molecule has 0 spiro atoms. The third-order valence-corrected chi connectivity index (χ3v) is 11.7. The molecule has 2 heterocycles. The maximum Gasteiger partial charge on any atom is 0.326 e. The molecule has 0 aliphatic carbocycles. The summed E-state index contributed by atoms with van der Waals surface area (Å²) in [5, 5.41) is 45.2. The van der Waals surface area contributed by atoms with Crippen molar-refractivity contribution in [2.75, 3.05) is 13.1 Å². The number of nitrogens with zero attached hydrogens (tertiary/aromatic N) is 3. The number of guanidine groups is 1. The molecule has 0 unspecified atom stereocenters. The molecule has 386 valence electrons. The van der Waals surface area contributed by atoms with Gasteiger partial charge in [-0.05, 0) is 50.0 Å². The second-order valence-electron chi connectivity index (χ2n) is 17.7. The third-order valence-electron chi connectivity index (χ3n) is 11.7. The first-order valence-electron chi connectivity index (χ1n) is 23.1. The molecule has 1 saturated heterocycles. The van der Waals surface area contributed by atoms with Gasteiger partial charge in [0.1, 0.15) is 42.3 Å². The summed E-state index contributed by atoms with van der Waals surface area (Å²) in [5.74, 6) is -9.96. The molecular formula is C45H69N13O12. The molecule has 1 aliphatic heterocycles. The largest absolute Gasteiger partial charge is 0.481 e.